The first-order valence-corrected chi connectivity index (χ1v) is 16.0. The zero-order valence-corrected chi connectivity index (χ0v) is 25.3. The van der Waals surface area contributed by atoms with Gasteiger partial charge in [-0.3, -0.25) is 9.59 Å². The van der Waals surface area contributed by atoms with Gasteiger partial charge in [0.2, 0.25) is 0 Å². The number of aryl methyl sites for hydroxylation is 1. The molecular weight excluding hydrogens is 590 g/mol. The molecule has 0 spiro atoms. The lowest BCUT2D eigenvalue weighted by molar-refractivity contribution is 0.0739. The van der Waals surface area contributed by atoms with Crippen molar-refractivity contribution in [2.75, 3.05) is 25.4 Å². The zero-order valence-electron chi connectivity index (χ0n) is 24.5. The van der Waals surface area contributed by atoms with E-state index in [9.17, 15) is 26.8 Å². The summed E-state index contributed by atoms with van der Waals surface area (Å²) in [6.45, 7) is 4.93. The molecule has 5 rings (SSSR count). The van der Waals surface area contributed by atoms with Crippen LogP contribution >= 0.6 is 0 Å². The number of hydrogen-bond acceptors (Lipinski definition) is 7. The number of nitrogens with zero attached hydrogens (tertiary/aromatic N) is 1. The summed E-state index contributed by atoms with van der Waals surface area (Å²) in [5, 5.41) is 14.7. The van der Waals surface area contributed by atoms with Gasteiger partial charge in [0.05, 0.1) is 12.1 Å². The lowest BCUT2D eigenvalue weighted by Crippen LogP contribution is -2.47. The summed E-state index contributed by atoms with van der Waals surface area (Å²) in [6, 6.07) is 11.2. The van der Waals surface area contributed by atoms with Crippen LogP contribution in [-0.4, -0.2) is 62.3 Å². The van der Waals surface area contributed by atoms with Crippen LogP contribution in [0.5, 0.6) is 5.75 Å². The summed E-state index contributed by atoms with van der Waals surface area (Å²) in [6.07, 6.45) is 1.39. The number of para-hydroxylation sites is 1. The van der Waals surface area contributed by atoms with Crippen LogP contribution in [0.15, 0.2) is 54.6 Å². The lowest BCUT2D eigenvalue weighted by atomic mass is 9.91. The van der Waals surface area contributed by atoms with Crippen LogP contribution in [0.25, 0.3) is 0 Å². The minimum absolute atomic E-state index is 0.0377. The first kappa shape index (κ1) is 31.3. The molecule has 12 heteroatoms. The van der Waals surface area contributed by atoms with Crippen molar-refractivity contribution in [2.45, 2.75) is 45.2 Å². The highest BCUT2D eigenvalue weighted by Gasteiger charge is 2.32. The summed E-state index contributed by atoms with van der Waals surface area (Å²) >= 11 is 0. The zero-order chi connectivity index (χ0) is 31.6. The van der Waals surface area contributed by atoms with Crippen LogP contribution in [0, 0.1) is 24.0 Å². The number of halogens is 2. The quantitative estimate of drug-likeness (QED) is 0.230. The van der Waals surface area contributed by atoms with Crippen molar-refractivity contribution in [3.8, 4) is 5.75 Å². The van der Waals surface area contributed by atoms with E-state index in [1.807, 2.05) is 13.8 Å². The molecule has 1 unspecified atom stereocenters. The molecule has 2 amide bonds. The van der Waals surface area contributed by atoms with Gasteiger partial charge in [-0.05, 0) is 73.2 Å². The minimum Gasteiger partial charge on any atom is -0.382 e. The van der Waals surface area contributed by atoms with Gasteiger partial charge in [0.1, 0.15) is 23.1 Å². The summed E-state index contributed by atoms with van der Waals surface area (Å²) in [4.78, 5) is 28.5. The third-order valence-corrected chi connectivity index (χ3v) is 9.06. The van der Waals surface area contributed by atoms with Crippen molar-refractivity contribution in [2.24, 2.45) is 0 Å². The third-order valence-electron chi connectivity index (χ3n) is 7.89. The predicted molar refractivity (Wildman–Crippen MR) is 162 cm³/mol. The van der Waals surface area contributed by atoms with E-state index >= 15 is 0 Å². The Morgan fingerprint density at radius 1 is 1.14 bits per heavy atom. The predicted octanol–water partition coefficient (Wildman–Crippen LogP) is 4.10. The smallest absolute Gasteiger partial charge is 0.311 e. The number of carbonyl (C=O) groups is 2. The second kappa shape index (κ2) is 12.8. The second-order valence-corrected chi connectivity index (χ2v) is 12.8. The fourth-order valence-corrected chi connectivity index (χ4v) is 6.97. The Labute approximate surface area is 255 Å². The number of benzene rings is 3. The first-order chi connectivity index (χ1) is 20.9. The average Bonchev–Trinajstić information content (AvgIpc) is 2.96. The number of amides is 2. The van der Waals surface area contributed by atoms with Crippen LogP contribution in [0.1, 0.15) is 62.4 Å². The summed E-state index contributed by atoms with van der Waals surface area (Å²) < 4.78 is 57.9. The first-order valence-electron chi connectivity index (χ1n) is 14.4. The summed E-state index contributed by atoms with van der Waals surface area (Å²) in [7, 11) is -3.87. The van der Waals surface area contributed by atoms with E-state index < -0.39 is 39.7 Å². The Morgan fingerprint density at radius 2 is 1.86 bits per heavy atom. The molecule has 232 valence electrons. The molecule has 0 fully saturated rings. The number of hydrogen-bond donors (Lipinski definition) is 3. The summed E-state index contributed by atoms with van der Waals surface area (Å²) in [5.74, 6) is -2.44. The highest BCUT2D eigenvalue weighted by molar-refractivity contribution is 7.87. The Hall–Kier alpha value is -4.16. The molecule has 0 radical (unpaired) electrons. The van der Waals surface area contributed by atoms with Gasteiger partial charge in [-0.15, -0.1) is 0 Å². The standard InChI is InChI=1S/C32H34F2N4O5S/c1-3-9-38-10-8-24-19(2)11-21(15-26(24)32(38)40)31(39)37-28(14-20-12-22(33)16-23(34)13-20)27(35)17-36-29-18-44(41,42)43-30-7-5-4-6-25(29)30/h4-7,11-13,15-16,28-29,35-36H,3,8-10,14,17-18H2,1-2H3,(H,37,39)/t28-,29?/m0/s1. The Morgan fingerprint density at radius 3 is 2.59 bits per heavy atom. The van der Waals surface area contributed by atoms with Crippen LogP contribution in [0.2, 0.25) is 0 Å². The largest absolute Gasteiger partial charge is 0.382 e. The number of fused-ring (bicyclic) bond motifs is 2. The number of nitrogens with one attached hydrogen (secondary N) is 3. The van der Waals surface area contributed by atoms with E-state index in [2.05, 4.69) is 10.6 Å². The Bertz CT molecular complexity index is 1710. The van der Waals surface area contributed by atoms with Crippen molar-refractivity contribution in [1.82, 2.24) is 15.5 Å². The van der Waals surface area contributed by atoms with Gasteiger partial charge >= 0.3 is 10.1 Å². The fourth-order valence-electron chi connectivity index (χ4n) is 5.77. The van der Waals surface area contributed by atoms with Crippen LogP contribution < -0.4 is 14.8 Å². The van der Waals surface area contributed by atoms with E-state index in [1.165, 1.54) is 0 Å². The molecule has 0 aromatic heterocycles. The van der Waals surface area contributed by atoms with Gasteiger partial charge in [0.15, 0.2) is 0 Å². The van der Waals surface area contributed by atoms with Gasteiger partial charge in [0, 0.05) is 48.1 Å². The average molecular weight is 625 g/mol. The van der Waals surface area contributed by atoms with Crippen molar-refractivity contribution < 1.29 is 31.0 Å². The monoisotopic (exact) mass is 624 g/mol. The highest BCUT2D eigenvalue weighted by atomic mass is 32.2. The van der Waals surface area contributed by atoms with Crippen molar-refractivity contribution in [3.63, 3.8) is 0 Å². The molecule has 2 heterocycles. The SMILES string of the molecule is CCCN1CCc2c(C)cc(C(=O)N[C@@H](Cc3cc(F)cc(F)c3)C(=N)CNC3CS(=O)(=O)Oc4ccccc43)cc2C1=O. The molecule has 44 heavy (non-hydrogen) atoms. The van der Waals surface area contributed by atoms with E-state index in [1.54, 1.807) is 41.3 Å². The molecule has 2 aliphatic rings. The van der Waals surface area contributed by atoms with E-state index in [4.69, 9.17) is 9.59 Å². The van der Waals surface area contributed by atoms with Gasteiger partial charge in [-0.25, -0.2) is 8.78 Å². The maximum Gasteiger partial charge on any atom is 0.311 e. The van der Waals surface area contributed by atoms with Gasteiger partial charge in [0.25, 0.3) is 11.8 Å². The summed E-state index contributed by atoms with van der Waals surface area (Å²) in [5.41, 5.74) is 3.19. The minimum atomic E-state index is -3.87. The Balaban J connectivity index is 1.39. The Kier molecular flexibility index (Phi) is 9.12. The molecule has 3 aromatic carbocycles. The maximum absolute atomic E-state index is 14.0. The highest BCUT2D eigenvalue weighted by Crippen LogP contribution is 2.32. The molecule has 0 bridgehead atoms. The van der Waals surface area contributed by atoms with E-state index in [0.29, 0.717) is 30.6 Å². The number of rotatable bonds is 10. The molecule has 9 nitrogen and oxygen atoms in total. The molecule has 0 saturated heterocycles. The van der Waals surface area contributed by atoms with Crippen LogP contribution in [0.3, 0.4) is 0 Å². The molecule has 0 saturated carbocycles. The molecule has 0 aliphatic carbocycles. The molecule has 3 aromatic rings. The molecular formula is C32H34F2N4O5S. The second-order valence-electron chi connectivity index (χ2n) is 11.2. The van der Waals surface area contributed by atoms with Crippen LogP contribution in [0.4, 0.5) is 8.78 Å². The van der Waals surface area contributed by atoms with E-state index in [-0.39, 0.29) is 47.2 Å². The van der Waals surface area contributed by atoms with Gasteiger partial charge < -0.3 is 25.1 Å². The third kappa shape index (κ3) is 6.97. The molecule has 2 aliphatic heterocycles. The van der Waals surface area contributed by atoms with Gasteiger partial charge in [-0.1, -0.05) is 25.1 Å². The normalized spacial score (nSPS) is 17.7. The lowest BCUT2D eigenvalue weighted by Gasteiger charge is -2.30. The van der Waals surface area contributed by atoms with Crippen LogP contribution in [-0.2, 0) is 23.0 Å². The molecule has 3 N–H and O–H groups in total. The van der Waals surface area contributed by atoms with Crippen molar-refractivity contribution in [1.29, 1.82) is 5.41 Å². The topological polar surface area (TPSA) is 129 Å². The fraction of sp³-hybridized carbons (Fsp3) is 0.344. The van der Waals surface area contributed by atoms with Crippen molar-refractivity contribution in [3.05, 3.63) is 99.6 Å². The number of carbonyl (C=O) groups excluding carboxylic acids is 2. The van der Waals surface area contributed by atoms with E-state index in [0.717, 1.165) is 35.7 Å². The maximum atomic E-state index is 14.0. The van der Waals surface area contributed by atoms with Crippen molar-refractivity contribution >= 4 is 27.6 Å². The van der Waals surface area contributed by atoms with Gasteiger partial charge in [-0.2, -0.15) is 8.42 Å². The molecule has 2 atom stereocenters.